The van der Waals surface area contributed by atoms with E-state index in [1.807, 2.05) is 30.3 Å². The molecule has 1 saturated heterocycles. The van der Waals surface area contributed by atoms with Gasteiger partial charge in [0.15, 0.2) is 11.5 Å². The highest BCUT2D eigenvalue weighted by atomic mass is 35.5. The molecule has 2 N–H and O–H groups in total. The summed E-state index contributed by atoms with van der Waals surface area (Å²) >= 11 is 6.08. The Balaban J connectivity index is 1.22. The summed E-state index contributed by atoms with van der Waals surface area (Å²) in [6.07, 6.45) is -0.511. The molecule has 2 aromatic rings. The number of hydrogen-bond acceptors (Lipinski definition) is 5. The van der Waals surface area contributed by atoms with Gasteiger partial charge in [0.2, 0.25) is 6.79 Å². The van der Waals surface area contributed by atoms with Crippen LogP contribution in [0.5, 0.6) is 17.2 Å². The number of nitrogens with zero attached hydrogens (tertiary/aromatic N) is 1. The molecule has 4 rings (SSSR count). The summed E-state index contributed by atoms with van der Waals surface area (Å²) in [5.74, 6) is 2.09. The monoisotopic (exact) mass is 391 g/mol. The molecule has 6 nitrogen and oxygen atoms in total. The molecule has 0 spiro atoms. The number of ether oxygens (including phenoxy) is 3. The number of hydrogen-bond donors (Lipinski definition) is 2. The maximum Gasteiger partial charge on any atom is 0.231 e. The van der Waals surface area contributed by atoms with Gasteiger partial charge in [0.05, 0.1) is 26.2 Å². The Morgan fingerprint density at radius 3 is 2.74 bits per heavy atom. The van der Waals surface area contributed by atoms with Crippen molar-refractivity contribution in [3.05, 3.63) is 47.5 Å². The van der Waals surface area contributed by atoms with Crippen molar-refractivity contribution >= 4 is 17.3 Å². The Bertz CT molecular complexity index is 780. The molecule has 2 aliphatic rings. The second-order valence-electron chi connectivity index (χ2n) is 6.90. The van der Waals surface area contributed by atoms with Gasteiger partial charge in [0.25, 0.3) is 0 Å². The van der Waals surface area contributed by atoms with Gasteiger partial charge in [-0.25, -0.2) is 0 Å². The highest BCUT2D eigenvalue weighted by Crippen LogP contribution is 2.35. The van der Waals surface area contributed by atoms with Crippen LogP contribution in [0.1, 0.15) is 0 Å². The summed E-state index contributed by atoms with van der Waals surface area (Å²) in [5.41, 5.74) is 1.16. The first-order valence-electron chi connectivity index (χ1n) is 9.22. The van der Waals surface area contributed by atoms with Crippen LogP contribution in [-0.4, -0.2) is 57.3 Å². The number of anilines is 1. The lowest BCUT2D eigenvalue weighted by Crippen LogP contribution is -3.16. The Kier molecular flexibility index (Phi) is 5.57. The van der Waals surface area contributed by atoms with Crippen molar-refractivity contribution in [2.24, 2.45) is 0 Å². The summed E-state index contributed by atoms with van der Waals surface area (Å²) < 4.78 is 16.3. The van der Waals surface area contributed by atoms with E-state index in [0.29, 0.717) is 18.0 Å². The molecule has 1 atom stereocenters. The molecule has 2 heterocycles. The van der Waals surface area contributed by atoms with E-state index in [2.05, 4.69) is 11.0 Å². The second kappa shape index (κ2) is 8.25. The molecular weight excluding hydrogens is 368 g/mol. The zero-order valence-electron chi connectivity index (χ0n) is 15.1. The van der Waals surface area contributed by atoms with Gasteiger partial charge >= 0.3 is 0 Å². The van der Waals surface area contributed by atoms with Crippen molar-refractivity contribution in [1.29, 1.82) is 0 Å². The van der Waals surface area contributed by atoms with Crippen LogP contribution in [0.15, 0.2) is 42.5 Å². The summed E-state index contributed by atoms with van der Waals surface area (Å²) in [4.78, 5) is 3.72. The molecule has 0 radical (unpaired) electrons. The van der Waals surface area contributed by atoms with Crippen molar-refractivity contribution < 1.29 is 24.2 Å². The third-order valence-electron chi connectivity index (χ3n) is 4.95. The largest absolute Gasteiger partial charge is 0.491 e. The van der Waals surface area contributed by atoms with E-state index in [4.69, 9.17) is 25.8 Å². The van der Waals surface area contributed by atoms with Gasteiger partial charge in [-0.1, -0.05) is 17.7 Å². The van der Waals surface area contributed by atoms with Crippen molar-refractivity contribution in [1.82, 2.24) is 0 Å². The third-order valence-corrected chi connectivity index (χ3v) is 5.19. The average molecular weight is 392 g/mol. The van der Waals surface area contributed by atoms with Crippen LogP contribution in [-0.2, 0) is 0 Å². The van der Waals surface area contributed by atoms with E-state index in [1.165, 1.54) is 4.90 Å². The number of piperazine rings is 1. The Hall–Kier alpha value is -2.15. The first-order chi connectivity index (χ1) is 13.2. The summed E-state index contributed by atoms with van der Waals surface area (Å²) in [7, 11) is 0. The van der Waals surface area contributed by atoms with E-state index >= 15 is 0 Å². The summed E-state index contributed by atoms with van der Waals surface area (Å²) in [6, 6.07) is 13.4. The van der Waals surface area contributed by atoms with Crippen LogP contribution in [0.2, 0.25) is 5.02 Å². The van der Waals surface area contributed by atoms with Crippen LogP contribution in [0.25, 0.3) is 0 Å². The zero-order valence-corrected chi connectivity index (χ0v) is 15.8. The lowest BCUT2D eigenvalue weighted by Gasteiger charge is -2.34. The van der Waals surface area contributed by atoms with Crippen LogP contribution < -0.4 is 24.0 Å². The maximum atomic E-state index is 10.3. The predicted octanol–water partition coefficient (Wildman–Crippen LogP) is 1.21. The number of quaternary nitrogens is 1. The molecule has 27 heavy (non-hydrogen) atoms. The normalized spacial score (nSPS) is 17.8. The molecule has 1 fully saturated rings. The van der Waals surface area contributed by atoms with E-state index < -0.39 is 6.10 Å². The fourth-order valence-electron chi connectivity index (χ4n) is 3.51. The van der Waals surface area contributed by atoms with Crippen LogP contribution in [0, 0.1) is 0 Å². The van der Waals surface area contributed by atoms with Gasteiger partial charge in [-0.15, -0.1) is 0 Å². The first kappa shape index (κ1) is 18.2. The molecule has 7 heteroatoms. The molecule has 0 saturated carbocycles. The van der Waals surface area contributed by atoms with Gasteiger partial charge in [-0.2, -0.15) is 0 Å². The minimum Gasteiger partial charge on any atom is -0.491 e. The maximum absolute atomic E-state index is 10.3. The number of rotatable bonds is 6. The van der Waals surface area contributed by atoms with Crippen molar-refractivity contribution in [2.45, 2.75) is 6.10 Å². The van der Waals surface area contributed by atoms with Gasteiger partial charge < -0.3 is 29.1 Å². The van der Waals surface area contributed by atoms with Crippen LogP contribution in [0.4, 0.5) is 5.69 Å². The fourth-order valence-corrected chi connectivity index (χ4v) is 3.69. The topological polar surface area (TPSA) is 55.6 Å². The molecule has 0 aromatic heterocycles. The van der Waals surface area contributed by atoms with E-state index in [1.54, 1.807) is 6.07 Å². The molecule has 2 aliphatic heterocycles. The third kappa shape index (κ3) is 4.58. The number of benzene rings is 2. The Labute approximate surface area is 163 Å². The molecular formula is C20H24ClN2O4+. The minimum absolute atomic E-state index is 0.242. The number of nitrogens with one attached hydrogen (secondary N) is 1. The predicted molar refractivity (Wildman–Crippen MR) is 103 cm³/mol. The van der Waals surface area contributed by atoms with Crippen LogP contribution >= 0.6 is 11.6 Å². The molecule has 0 unspecified atom stereocenters. The molecule has 144 valence electrons. The standard InChI is InChI=1S/C20H23ClN2O4/c21-15-2-1-3-16(10-15)23-8-6-22(7-9-23)12-17(24)13-25-18-4-5-19-20(11-18)27-14-26-19/h1-5,10-11,17,24H,6-9,12-14H2/p+1/t17-/m0/s1. The molecule has 2 aromatic carbocycles. The average Bonchev–Trinajstić information content (AvgIpc) is 3.15. The second-order valence-corrected chi connectivity index (χ2v) is 7.34. The first-order valence-corrected chi connectivity index (χ1v) is 9.60. The summed E-state index contributed by atoms with van der Waals surface area (Å²) in [6.45, 7) is 5.04. The highest BCUT2D eigenvalue weighted by molar-refractivity contribution is 6.30. The van der Waals surface area contributed by atoms with Crippen molar-refractivity contribution in [2.75, 3.05) is 51.0 Å². The van der Waals surface area contributed by atoms with E-state index in [0.717, 1.165) is 42.6 Å². The van der Waals surface area contributed by atoms with Crippen molar-refractivity contribution in [3.63, 3.8) is 0 Å². The lowest BCUT2D eigenvalue weighted by molar-refractivity contribution is -0.903. The van der Waals surface area contributed by atoms with E-state index in [9.17, 15) is 5.11 Å². The quantitative estimate of drug-likeness (QED) is 0.775. The van der Waals surface area contributed by atoms with E-state index in [-0.39, 0.29) is 13.4 Å². The SMILES string of the molecule is O[C@H](COc1ccc2c(c1)OCO2)C[NH+]1CCN(c2cccc(Cl)c2)CC1. The highest BCUT2D eigenvalue weighted by Gasteiger charge is 2.23. The minimum atomic E-state index is -0.511. The fraction of sp³-hybridized carbons (Fsp3) is 0.400. The molecule has 0 bridgehead atoms. The molecule has 0 amide bonds. The zero-order chi connectivity index (χ0) is 18.6. The Morgan fingerprint density at radius 2 is 1.93 bits per heavy atom. The van der Waals surface area contributed by atoms with Gasteiger partial charge in [-0.3, -0.25) is 0 Å². The Morgan fingerprint density at radius 1 is 1.11 bits per heavy atom. The van der Waals surface area contributed by atoms with Gasteiger partial charge in [0.1, 0.15) is 25.0 Å². The number of fused-ring (bicyclic) bond motifs is 1. The lowest BCUT2D eigenvalue weighted by atomic mass is 10.2. The summed E-state index contributed by atoms with van der Waals surface area (Å²) in [5, 5.41) is 11.1. The van der Waals surface area contributed by atoms with Gasteiger partial charge in [-0.05, 0) is 30.3 Å². The number of halogens is 1. The molecule has 0 aliphatic carbocycles. The number of aliphatic hydroxyl groups is 1. The number of aliphatic hydroxyl groups excluding tert-OH is 1. The smallest absolute Gasteiger partial charge is 0.231 e. The van der Waals surface area contributed by atoms with Crippen LogP contribution in [0.3, 0.4) is 0 Å². The van der Waals surface area contributed by atoms with Crippen molar-refractivity contribution in [3.8, 4) is 17.2 Å². The van der Waals surface area contributed by atoms with Gasteiger partial charge in [0, 0.05) is 16.8 Å².